The number of rotatable bonds is 4. The van der Waals surface area contributed by atoms with Crippen LogP contribution in [0, 0.1) is 11.8 Å². The van der Waals surface area contributed by atoms with Crippen LogP contribution in [0.3, 0.4) is 0 Å². The molecule has 0 aliphatic heterocycles. The van der Waals surface area contributed by atoms with E-state index in [9.17, 15) is 14.7 Å². The Bertz CT molecular complexity index is 364. The van der Waals surface area contributed by atoms with E-state index >= 15 is 0 Å². The molecule has 0 spiro atoms. The maximum absolute atomic E-state index is 12.3. The molecule has 0 atom stereocenters. The van der Waals surface area contributed by atoms with Crippen molar-refractivity contribution in [3.63, 3.8) is 0 Å². The quantitative estimate of drug-likeness (QED) is 0.780. The number of nitrogens with one attached hydrogen (secondary N) is 1. The van der Waals surface area contributed by atoms with Gasteiger partial charge in [-0.25, -0.2) is 4.79 Å². The first-order valence-electron chi connectivity index (χ1n) is 8.56. The number of carboxylic acids is 1. The summed E-state index contributed by atoms with van der Waals surface area (Å²) in [6, 6.07) is 0. The van der Waals surface area contributed by atoms with Crippen LogP contribution in [-0.2, 0) is 9.59 Å². The lowest BCUT2D eigenvalue weighted by Crippen LogP contribution is -2.56. The summed E-state index contributed by atoms with van der Waals surface area (Å²) < 4.78 is 0. The van der Waals surface area contributed by atoms with Gasteiger partial charge in [0, 0.05) is 6.42 Å². The van der Waals surface area contributed by atoms with Gasteiger partial charge in [0.15, 0.2) is 0 Å². The van der Waals surface area contributed by atoms with Crippen LogP contribution in [0.4, 0.5) is 0 Å². The van der Waals surface area contributed by atoms with Gasteiger partial charge in [0.25, 0.3) is 0 Å². The molecule has 2 aliphatic rings. The predicted octanol–water partition coefficient (Wildman–Crippen LogP) is 3.50. The van der Waals surface area contributed by atoms with Crippen LogP contribution in [0.2, 0.25) is 0 Å². The molecule has 2 fully saturated rings. The van der Waals surface area contributed by atoms with E-state index in [2.05, 4.69) is 12.2 Å². The van der Waals surface area contributed by atoms with Crippen molar-refractivity contribution in [2.24, 2.45) is 11.8 Å². The summed E-state index contributed by atoms with van der Waals surface area (Å²) in [5, 5.41) is 12.4. The normalized spacial score (nSPS) is 31.4. The zero-order chi connectivity index (χ0) is 15.3. The summed E-state index contributed by atoms with van der Waals surface area (Å²) in [6.45, 7) is 2.15. The fourth-order valence-electron chi connectivity index (χ4n) is 3.80. The van der Waals surface area contributed by atoms with E-state index in [1.807, 2.05) is 0 Å². The van der Waals surface area contributed by atoms with E-state index in [0.29, 0.717) is 31.1 Å². The van der Waals surface area contributed by atoms with Gasteiger partial charge in [-0.05, 0) is 50.4 Å². The largest absolute Gasteiger partial charge is 0.480 e. The fraction of sp³-hybridized carbons (Fsp3) is 0.882. The third kappa shape index (κ3) is 4.45. The molecule has 0 radical (unpaired) electrons. The molecule has 0 saturated heterocycles. The minimum absolute atomic E-state index is 0.0566. The maximum Gasteiger partial charge on any atom is 0.329 e. The highest BCUT2D eigenvalue weighted by atomic mass is 16.4. The average molecular weight is 295 g/mol. The number of aliphatic carboxylic acids is 1. The van der Waals surface area contributed by atoms with Gasteiger partial charge < -0.3 is 10.4 Å². The first kappa shape index (κ1) is 16.3. The molecule has 2 rings (SSSR count). The molecule has 2 saturated carbocycles. The Kier molecular flexibility index (Phi) is 5.65. The third-order valence-electron chi connectivity index (χ3n) is 5.36. The molecule has 1 amide bonds. The van der Waals surface area contributed by atoms with Crippen LogP contribution in [0.1, 0.15) is 77.6 Å². The van der Waals surface area contributed by atoms with Crippen molar-refractivity contribution in [3.8, 4) is 0 Å². The summed E-state index contributed by atoms with van der Waals surface area (Å²) in [6.07, 6.45) is 10.6. The summed E-state index contributed by atoms with van der Waals surface area (Å²) in [4.78, 5) is 24.0. The van der Waals surface area contributed by atoms with Crippen molar-refractivity contribution >= 4 is 11.9 Å². The Morgan fingerprint density at radius 1 is 1.05 bits per heavy atom. The van der Waals surface area contributed by atoms with Gasteiger partial charge in [-0.1, -0.05) is 32.6 Å². The molecule has 0 aromatic heterocycles. The first-order chi connectivity index (χ1) is 10.0. The monoisotopic (exact) mass is 295 g/mol. The van der Waals surface area contributed by atoms with Crippen LogP contribution in [0.25, 0.3) is 0 Å². The van der Waals surface area contributed by atoms with Gasteiger partial charge in [-0.15, -0.1) is 0 Å². The molecule has 2 N–H and O–H groups in total. The van der Waals surface area contributed by atoms with E-state index in [-0.39, 0.29) is 5.91 Å². The van der Waals surface area contributed by atoms with Crippen LogP contribution < -0.4 is 5.32 Å². The SMILES string of the molecule is CC1CCC(NC(=O)CC2CCCCCC2)(C(=O)O)CC1. The van der Waals surface area contributed by atoms with Crippen molar-refractivity contribution in [1.82, 2.24) is 5.32 Å². The number of hydrogen-bond acceptors (Lipinski definition) is 2. The van der Waals surface area contributed by atoms with Gasteiger partial charge in [0.1, 0.15) is 5.54 Å². The number of carbonyl (C=O) groups excluding carboxylic acids is 1. The number of carboxylic acid groups (broad SMARTS) is 1. The van der Waals surface area contributed by atoms with E-state index < -0.39 is 11.5 Å². The lowest BCUT2D eigenvalue weighted by Gasteiger charge is -2.36. The van der Waals surface area contributed by atoms with E-state index in [4.69, 9.17) is 0 Å². The van der Waals surface area contributed by atoms with Gasteiger partial charge in [-0.2, -0.15) is 0 Å². The minimum atomic E-state index is -1.01. The third-order valence-corrected chi connectivity index (χ3v) is 5.36. The second-order valence-corrected chi connectivity index (χ2v) is 7.18. The fourth-order valence-corrected chi connectivity index (χ4v) is 3.80. The molecular weight excluding hydrogens is 266 g/mol. The Labute approximate surface area is 127 Å². The lowest BCUT2D eigenvalue weighted by molar-refractivity contribution is -0.149. The zero-order valence-corrected chi connectivity index (χ0v) is 13.2. The van der Waals surface area contributed by atoms with Crippen molar-refractivity contribution in [3.05, 3.63) is 0 Å². The Hall–Kier alpha value is -1.06. The van der Waals surface area contributed by atoms with Crippen LogP contribution in [0.5, 0.6) is 0 Å². The Balaban J connectivity index is 1.90. The van der Waals surface area contributed by atoms with E-state index in [0.717, 1.165) is 25.7 Å². The second-order valence-electron chi connectivity index (χ2n) is 7.18. The maximum atomic E-state index is 12.3. The van der Waals surface area contributed by atoms with Crippen molar-refractivity contribution < 1.29 is 14.7 Å². The minimum Gasteiger partial charge on any atom is -0.480 e. The zero-order valence-electron chi connectivity index (χ0n) is 13.2. The molecule has 0 unspecified atom stereocenters. The van der Waals surface area contributed by atoms with E-state index in [1.165, 1.54) is 25.7 Å². The van der Waals surface area contributed by atoms with Gasteiger partial charge in [0.05, 0.1) is 0 Å². The topological polar surface area (TPSA) is 66.4 Å². The molecule has 0 aromatic carbocycles. The molecule has 4 heteroatoms. The molecule has 120 valence electrons. The Morgan fingerprint density at radius 2 is 1.62 bits per heavy atom. The summed E-state index contributed by atoms with van der Waals surface area (Å²) in [5.74, 6) is 0.0968. The van der Waals surface area contributed by atoms with Gasteiger partial charge in [0.2, 0.25) is 5.91 Å². The van der Waals surface area contributed by atoms with Crippen LogP contribution in [0.15, 0.2) is 0 Å². The first-order valence-corrected chi connectivity index (χ1v) is 8.56. The van der Waals surface area contributed by atoms with Gasteiger partial charge in [-0.3, -0.25) is 4.79 Å². The van der Waals surface area contributed by atoms with Crippen molar-refractivity contribution in [1.29, 1.82) is 0 Å². The average Bonchev–Trinajstić information content (AvgIpc) is 2.70. The highest BCUT2D eigenvalue weighted by Crippen LogP contribution is 2.33. The standard InChI is InChI=1S/C17H29NO3/c1-13-8-10-17(11-9-13,16(20)21)18-15(19)12-14-6-4-2-3-5-7-14/h13-14H,2-12H2,1H3,(H,18,19)(H,20,21). The number of amides is 1. The van der Waals surface area contributed by atoms with Gasteiger partial charge >= 0.3 is 5.97 Å². The number of carbonyl (C=O) groups is 2. The predicted molar refractivity (Wildman–Crippen MR) is 82.0 cm³/mol. The van der Waals surface area contributed by atoms with E-state index in [1.54, 1.807) is 0 Å². The second kappa shape index (κ2) is 7.28. The lowest BCUT2D eigenvalue weighted by atomic mass is 9.77. The molecular formula is C17H29NO3. The van der Waals surface area contributed by atoms with Crippen molar-refractivity contribution in [2.75, 3.05) is 0 Å². The van der Waals surface area contributed by atoms with Crippen LogP contribution >= 0.6 is 0 Å². The highest BCUT2D eigenvalue weighted by molar-refractivity contribution is 5.87. The molecule has 2 aliphatic carbocycles. The van der Waals surface area contributed by atoms with Crippen LogP contribution in [-0.4, -0.2) is 22.5 Å². The molecule has 0 aromatic rings. The smallest absolute Gasteiger partial charge is 0.329 e. The van der Waals surface area contributed by atoms with Crippen molar-refractivity contribution in [2.45, 2.75) is 83.1 Å². The summed E-state index contributed by atoms with van der Waals surface area (Å²) >= 11 is 0. The summed E-state index contributed by atoms with van der Waals surface area (Å²) in [5.41, 5.74) is -1.01. The highest BCUT2D eigenvalue weighted by Gasteiger charge is 2.42. The number of hydrogen-bond donors (Lipinski definition) is 2. The molecule has 0 bridgehead atoms. The summed E-state index contributed by atoms with van der Waals surface area (Å²) in [7, 11) is 0. The molecule has 21 heavy (non-hydrogen) atoms. The molecule has 4 nitrogen and oxygen atoms in total. The Morgan fingerprint density at radius 3 is 2.14 bits per heavy atom. The molecule has 0 heterocycles.